The Hall–Kier alpha value is -1.65. The summed E-state index contributed by atoms with van der Waals surface area (Å²) in [6, 6.07) is 17.0. The minimum absolute atomic E-state index is 0.216. The Morgan fingerprint density at radius 3 is 2.25 bits per heavy atom. The summed E-state index contributed by atoms with van der Waals surface area (Å²) in [5.74, 6) is 0. The van der Waals surface area contributed by atoms with E-state index in [2.05, 4.69) is 53.5 Å². The molecule has 0 spiro atoms. The fourth-order valence-corrected chi connectivity index (χ4v) is 3.71. The Morgan fingerprint density at radius 2 is 1.67 bits per heavy atom. The molecule has 1 aliphatic heterocycles. The minimum atomic E-state index is -0.918. The summed E-state index contributed by atoms with van der Waals surface area (Å²) in [4.78, 5) is 3.39. The van der Waals surface area contributed by atoms with Gasteiger partial charge in [0, 0.05) is 40.2 Å². The highest BCUT2D eigenvalue weighted by Gasteiger charge is 2.12. The molecule has 128 valence electrons. The van der Waals surface area contributed by atoms with E-state index in [1.807, 2.05) is 12.1 Å². The fraction of sp³-hybridized carbons (Fsp3) is 0.400. The van der Waals surface area contributed by atoms with Crippen LogP contribution in [0.2, 0.25) is 0 Å². The van der Waals surface area contributed by atoms with Crippen LogP contribution in [0.15, 0.2) is 53.4 Å². The summed E-state index contributed by atoms with van der Waals surface area (Å²) in [6.07, 6.45) is 4.38. The van der Waals surface area contributed by atoms with Crippen LogP contribution in [0.3, 0.4) is 0 Å². The molecule has 0 aliphatic carbocycles. The van der Waals surface area contributed by atoms with Gasteiger partial charge in [0.05, 0.1) is 0 Å². The molecule has 1 fully saturated rings. The van der Waals surface area contributed by atoms with Crippen LogP contribution in [0.4, 0.5) is 5.69 Å². The van der Waals surface area contributed by atoms with Crippen LogP contribution in [0.25, 0.3) is 0 Å². The van der Waals surface area contributed by atoms with Crippen LogP contribution >= 0.6 is 0 Å². The average molecular weight is 343 g/mol. The van der Waals surface area contributed by atoms with E-state index in [-0.39, 0.29) is 6.04 Å². The van der Waals surface area contributed by atoms with E-state index in [4.69, 9.17) is 0 Å². The summed E-state index contributed by atoms with van der Waals surface area (Å²) < 4.78 is 11.5. The number of hydrogen-bond donors (Lipinski definition) is 1. The van der Waals surface area contributed by atoms with Crippen molar-refractivity contribution in [3.05, 3.63) is 59.7 Å². The standard InChI is InChI=1S/C20H26N2OS/c1-16(18-7-11-20(12-8-18)24(2)23)21-19-9-5-17(6-10-19)15-22-13-3-4-14-22/h5-12,16,21H,3-4,13-15H2,1-2H3/t16-,24+/m1/s1. The van der Waals surface area contributed by atoms with E-state index in [1.54, 1.807) is 6.26 Å². The van der Waals surface area contributed by atoms with Crippen molar-refractivity contribution in [2.24, 2.45) is 0 Å². The lowest BCUT2D eigenvalue weighted by atomic mass is 10.1. The molecule has 1 heterocycles. The van der Waals surface area contributed by atoms with Gasteiger partial charge in [0.15, 0.2) is 0 Å². The lowest BCUT2D eigenvalue weighted by Gasteiger charge is -2.18. The van der Waals surface area contributed by atoms with Gasteiger partial charge < -0.3 is 5.32 Å². The van der Waals surface area contributed by atoms with E-state index >= 15 is 0 Å². The first-order valence-electron chi connectivity index (χ1n) is 8.63. The molecule has 1 saturated heterocycles. The Balaban J connectivity index is 1.59. The summed E-state index contributed by atoms with van der Waals surface area (Å²) in [5.41, 5.74) is 3.71. The highest BCUT2D eigenvalue weighted by molar-refractivity contribution is 7.84. The third-order valence-electron chi connectivity index (χ3n) is 4.65. The predicted octanol–water partition coefficient (Wildman–Crippen LogP) is 4.19. The van der Waals surface area contributed by atoms with Crippen LogP contribution in [-0.4, -0.2) is 28.5 Å². The van der Waals surface area contributed by atoms with Crippen LogP contribution in [0.5, 0.6) is 0 Å². The number of nitrogens with zero attached hydrogens (tertiary/aromatic N) is 1. The van der Waals surface area contributed by atoms with Crippen LogP contribution in [0.1, 0.15) is 36.9 Å². The van der Waals surface area contributed by atoms with E-state index < -0.39 is 10.8 Å². The minimum Gasteiger partial charge on any atom is -0.379 e. The number of rotatable bonds is 6. The third-order valence-corrected chi connectivity index (χ3v) is 5.59. The smallest absolute Gasteiger partial charge is 0.0498 e. The number of likely N-dealkylation sites (tertiary alicyclic amines) is 1. The highest BCUT2D eigenvalue weighted by atomic mass is 32.2. The Morgan fingerprint density at radius 1 is 1.04 bits per heavy atom. The van der Waals surface area contributed by atoms with Gasteiger partial charge in [-0.15, -0.1) is 0 Å². The zero-order valence-electron chi connectivity index (χ0n) is 14.5. The summed E-state index contributed by atoms with van der Waals surface area (Å²) in [6.45, 7) is 5.67. The molecule has 24 heavy (non-hydrogen) atoms. The van der Waals surface area contributed by atoms with Gasteiger partial charge in [-0.1, -0.05) is 24.3 Å². The van der Waals surface area contributed by atoms with E-state index in [0.29, 0.717) is 0 Å². The second kappa shape index (κ2) is 7.95. The normalized spacial score (nSPS) is 17.6. The number of benzene rings is 2. The van der Waals surface area contributed by atoms with Crippen molar-refractivity contribution in [1.29, 1.82) is 0 Å². The zero-order valence-corrected chi connectivity index (χ0v) is 15.3. The molecule has 2 atom stereocenters. The maximum Gasteiger partial charge on any atom is 0.0498 e. The second-order valence-corrected chi connectivity index (χ2v) is 7.95. The quantitative estimate of drug-likeness (QED) is 0.854. The van der Waals surface area contributed by atoms with E-state index in [9.17, 15) is 4.21 Å². The molecule has 2 aromatic carbocycles. The summed E-state index contributed by atoms with van der Waals surface area (Å²) in [5, 5.41) is 3.54. The molecule has 1 N–H and O–H groups in total. The maximum atomic E-state index is 11.5. The van der Waals surface area contributed by atoms with Crippen LogP contribution < -0.4 is 5.32 Å². The van der Waals surface area contributed by atoms with Gasteiger partial charge in [-0.05, 0) is 68.2 Å². The molecular formula is C20H26N2OS. The first kappa shape index (κ1) is 17.2. The molecule has 0 bridgehead atoms. The van der Waals surface area contributed by atoms with Gasteiger partial charge in [0.25, 0.3) is 0 Å². The number of anilines is 1. The molecule has 4 heteroatoms. The number of nitrogens with one attached hydrogen (secondary N) is 1. The average Bonchev–Trinajstić information content (AvgIpc) is 3.09. The number of hydrogen-bond acceptors (Lipinski definition) is 3. The van der Waals surface area contributed by atoms with Crippen molar-refractivity contribution in [3.63, 3.8) is 0 Å². The van der Waals surface area contributed by atoms with Gasteiger partial charge in [-0.2, -0.15) is 0 Å². The van der Waals surface area contributed by atoms with Crippen molar-refractivity contribution in [3.8, 4) is 0 Å². The molecular weight excluding hydrogens is 316 g/mol. The lowest BCUT2D eigenvalue weighted by molar-refractivity contribution is 0.331. The summed E-state index contributed by atoms with van der Waals surface area (Å²) in [7, 11) is -0.918. The van der Waals surface area contributed by atoms with Gasteiger partial charge in [0.1, 0.15) is 0 Å². The molecule has 0 saturated carbocycles. The highest BCUT2D eigenvalue weighted by Crippen LogP contribution is 2.21. The van der Waals surface area contributed by atoms with Gasteiger partial charge >= 0.3 is 0 Å². The largest absolute Gasteiger partial charge is 0.379 e. The van der Waals surface area contributed by atoms with Crippen molar-refractivity contribution in [2.45, 2.75) is 37.2 Å². The van der Waals surface area contributed by atoms with Crippen molar-refractivity contribution in [2.75, 3.05) is 24.7 Å². The third kappa shape index (κ3) is 4.46. The lowest BCUT2D eigenvalue weighted by Crippen LogP contribution is -2.18. The molecule has 0 unspecified atom stereocenters. The van der Waals surface area contributed by atoms with E-state index in [0.717, 1.165) is 17.1 Å². The maximum absolute atomic E-state index is 11.5. The van der Waals surface area contributed by atoms with Gasteiger partial charge in [0.2, 0.25) is 0 Å². The van der Waals surface area contributed by atoms with Crippen molar-refractivity contribution < 1.29 is 4.21 Å². The first-order chi connectivity index (χ1) is 11.6. The molecule has 3 nitrogen and oxygen atoms in total. The van der Waals surface area contributed by atoms with Gasteiger partial charge in [-0.25, -0.2) is 0 Å². The molecule has 1 aliphatic rings. The van der Waals surface area contributed by atoms with Crippen molar-refractivity contribution >= 4 is 16.5 Å². The molecule has 2 aromatic rings. The molecule has 3 rings (SSSR count). The monoisotopic (exact) mass is 342 g/mol. The van der Waals surface area contributed by atoms with Gasteiger partial charge in [-0.3, -0.25) is 9.11 Å². The SMILES string of the molecule is C[C@@H](Nc1ccc(CN2CCCC2)cc1)c1ccc([S@](C)=O)cc1. The van der Waals surface area contributed by atoms with Crippen LogP contribution in [-0.2, 0) is 17.3 Å². The van der Waals surface area contributed by atoms with E-state index in [1.165, 1.54) is 37.1 Å². The predicted molar refractivity (Wildman–Crippen MR) is 102 cm³/mol. The van der Waals surface area contributed by atoms with Crippen molar-refractivity contribution in [1.82, 2.24) is 4.90 Å². The second-order valence-electron chi connectivity index (χ2n) is 6.57. The Bertz CT molecular complexity index is 676. The van der Waals surface area contributed by atoms with Crippen LogP contribution in [0, 0.1) is 0 Å². The molecule has 0 amide bonds. The first-order valence-corrected chi connectivity index (χ1v) is 10.2. The summed E-state index contributed by atoms with van der Waals surface area (Å²) >= 11 is 0. The Labute approximate surface area is 147 Å². The zero-order chi connectivity index (χ0) is 16.9. The fourth-order valence-electron chi connectivity index (χ4n) is 3.19. The molecule has 0 radical (unpaired) electrons. The molecule has 0 aromatic heterocycles. The Kier molecular flexibility index (Phi) is 5.69. The topological polar surface area (TPSA) is 32.3 Å².